The first-order valence-electron chi connectivity index (χ1n) is 11.9. The number of hydrogen-bond acceptors (Lipinski definition) is 7. The van der Waals surface area contributed by atoms with Crippen molar-refractivity contribution in [3.8, 4) is 27.6 Å². The SMILES string of the molecule is O=C(O)c1ccc(-c2cn3nc(-c4ccc(OCCCCCN5CCSCC5)cc4)sc3n2)cc1. The highest BCUT2D eigenvalue weighted by atomic mass is 32.2. The lowest BCUT2D eigenvalue weighted by atomic mass is 10.1. The van der Waals surface area contributed by atoms with Crippen molar-refractivity contribution in [1.29, 1.82) is 0 Å². The molecule has 0 unspecified atom stereocenters. The maximum absolute atomic E-state index is 11.0. The number of carbonyl (C=O) groups is 1. The number of carboxylic acids is 1. The molecule has 9 heteroatoms. The maximum atomic E-state index is 11.0. The number of unbranched alkanes of at least 4 members (excludes halogenated alkanes) is 2. The van der Waals surface area contributed by atoms with Gasteiger partial charge < -0.3 is 14.7 Å². The Kier molecular flexibility index (Phi) is 7.66. The number of aromatic nitrogens is 3. The molecule has 1 aliphatic rings. The molecule has 7 nitrogen and oxygen atoms in total. The number of carboxylic acid groups (broad SMARTS) is 1. The molecule has 0 atom stereocenters. The molecule has 0 aliphatic carbocycles. The molecule has 3 heterocycles. The number of aromatic carboxylic acids is 1. The minimum absolute atomic E-state index is 0.259. The second kappa shape index (κ2) is 11.2. The molecular formula is C26H28N4O3S2. The second-order valence-electron chi connectivity index (χ2n) is 8.53. The third kappa shape index (κ3) is 6.04. The van der Waals surface area contributed by atoms with E-state index in [9.17, 15) is 4.79 Å². The Balaban J connectivity index is 1.12. The molecule has 1 aliphatic heterocycles. The van der Waals surface area contributed by atoms with Crippen molar-refractivity contribution < 1.29 is 14.6 Å². The first-order chi connectivity index (χ1) is 17.2. The van der Waals surface area contributed by atoms with E-state index >= 15 is 0 Å². The van der Waals surface area contributed by atoms with Crippen LogP contribution in [0.4, 0.5) is 0 Å². The summed E-state index contributed by atoms with van der Waals surface area (Å²) in [5.74, 6) is 2.50. The van der Waals surface area contributed by atoms with E-state index in [0.717, 1.165) is 45.6 Å². The van der Waals surface area contributed by atoms with Gasteiger partial charge in [0.2, 0.25) is 4.96 Å². The van der Waals surface area contributed by atoms with E-state index < -0.39 is 5.97 Å². The van der Waals surface area contributed by atoms with Crippen molar-refractivity contribution in [2.45, 2.75) is 19.3 Å². The van der Waals surface area contributed by atoms with Crippen LogP contribution < -0.4 is 4.74 Å². The van der Waals surface area contributed by atoms with Crippen LogP contribution in [0.15, 0.2) is 54.7 Å². The summed E-state index contributed by atoms with van der Waals surface area (Å²) in [5, 5.41) is 14.6. The molecule has 5 rings (SSSR count). The molecular weight excluding hydrogens is 480 g/mol. The lowest BCUT2D eigenvalue weighted by molar-refractivity contribution is 0.0697. The molecule has 0 saturated carbocycles. The monoisotopic (exact) mass is 508 g/mol. The fraction of sp³-hybridized carbons (Fsp3) is 0.346. The van der Waals surface area contributed by atoms with Crippen molar-refractivity contribution in [2.24, 2.45) is 0 Å². The van der Waals surface area contributed by atoms with Crippen LogP contribution in [0.5, 0.6) is 5.75 Å². The number of thioether (sulfide) groups is 1. The third-order valence-electron chi connectivity index (χ3n) is 6.06. The highest BCUT2D eigenvalue weighted by Crippen LogP contribution is 2.29. The van der Waals surface area contributed by atoms with E-state index in [1.165, 1.54) is 55.3 Å². The summed E-state index contributed by atoms with van der Waals surface area (Å²) in [6.45, 7) is 4.44. The zero-order valence-corrected chi connectivity index (χ0v) is 21.1. The fourth-order valence-corrected chi connectivity index (χ4v) is 5.93. The average molecular weight is 509 g/mol. The molecule has 35 heavy (non-hydrogen) atoms. The van der Waals surface area contributed by atoms with Crippen molar-refractivity contribution in [3.63, 3.8) is 0 Å². The normalized spacial score (nSPS) is 14.4. The van der Waals surface area contributed by atoms with E-state index in [1.54, 1.807) is 28.8 Å². The summed E-state index contributed by atoms with van der Waals surface area (Å²) >= 11 is 3.58. The average Bonchev–Trinajstić information content (AvgIpc) is 3.47. The topological polar surface area (TPSA) is 80.0 Å². The Morgan fingerprint density at radius 3 is 2.43 bits per heavy atom. The van der Waals surface area contributed by atoms with E-state index in [0.29, 0.717) is 0 Å². The highest BCUT2D eigenvalue weighted by molar-refractivity contribution is 7.99. The molecule has 0 spiro atoms. The Bertz CT molecular complexity index is 1230. The van der Waals surface area contributed by atoms with Gasteiger partial charge in [0.05, 0.1) is 24.1 Å². The molecule has 182 valence electrons. The number of imidazole rings is 1. The minimum Gasteiger partial charge on any atom is -0.494 e. The van der Waals surface area contributed by atoms with Crippen LogP contribution in [0, 0.1) is 0 Å². The minimum atomic E-state index is -0.937. The molecule has 1 fully saturated rings. The van der Waals surface area contributed by atoms with Crippen molar-refractivity contribution in [3.05, 3.63) is 60.3 Å². The Morgan fingerprint density at radius 2 is 1.71 bits per heavy atom. The summed E-state index contributed by atoms with van der Waals surface area (Å²) < 4.78 is 7.70. The maximum Gasteiger partial charge on any atom is 0.335 e. The van der Waals surface area contributed by atoms with Gasteiger partial charge in [-0.05, 0) is 62.2 Å². The van der Waals surface area contributed by atoms with Gasteiger partial charge in [-0.25, -0.2) is 14.3 Å². The molecule has 1 N–H and O–H groups in total. The zero-order valence-electron chi connectivity index (χ0n) is 19.4. The van der Waals surface area contributed by atoms with Gasteiger partial charge in [0.15, 0.2) is 0 Å². The number of benzene rings is 2. The largest absolute Gasteiger partial charge is 0.494 e. The van der Waals surface area contributed by atoms with Crippen molar-refractivity contribution in [1.82, 2.24) is 19.5 Å². The fourth-order valence-electron chi connectivity index (χ4n) is 4.06. The van der Waals surface area contributed by atoms with Crippen LogP contribution in [0.25, 0.3) is 26.8 Å². The molecule has 0 bridgehead atoms. The number of ether oxygens (including phenoxy) is 1. The third-order valence-corrected chi connectivity index (χ3v) is 7.98. The molecule has 4 aromatic rings. The van der Waals surface area contributed by atoms with E-state index in [-0.39, 0.29) is 5.56 Å². The summed E-state index contributed by atoms with van der Waals surface area (Å²) in [6, 6.07) is 14.8. The van der Waals surface area contributed by atoms with Crippen molar-refractivity contribution in [2.75, 3.05) is 37.7 Å². The Morgan fingerprint density at radius 1 is 0.971 bits per heavy atom. The Labute approximate surface area is 212 Å². The summed E-state index contributed by atoms with van der Waals surface area (Å²) in [5.41, 5.74) is 2.92. The van der Waals surface area contributed by atoms with Gasteiger partial charge in [-0.1, -0.05) is 23.5 Å². The van der Waals surface area contributed by atoms with Gasteiger partial charge in [-0.15, -0.1) is 0 Å². The summed E-state index contributed by atoms with van der Waals surface area (Å²) in [7, 11) is 0. The summed E-state index contributed by atoms with van der Waals surface area (Å²) in [4.78, 5) is 19.1. The zero-order chi connectivity index (χ0) is 24.0. The van der Waals surface area contributed by atoms with E-state index in [1.807, 2.05) is 30.5 Å². The standard InChI is InChI=1S/C26H28N4O3S2/c31-25(32)21-6-4-19(5-7-21)23-18-30-26(27-23)35-24(28-30)20-8-10-22(11-9-20)33-15-3-1-2-12-29-13-16-34-17-14-29/h4-11,18H,1-3,12-17H2,(H,31,32). The first kappa shape index (κ1) is 23.8. The van der Waals surface area contributed by atoms with Gasteiger partial charge in [0.1, 0.15) is 10.8 Å². The number of fused-ring (bicyclic) bond motifs is 1. The van der Waals surface area contributed by atoms with Crippen LogP contribution in [0.2, 0.25) is 0 Å². The number of nitrogens with zero attached hydrogens (tertiary/aromatic N) is 4. The summed E-state index contributed by atoms with van der Waals surface area (Å²) in [6.07, 6.45) is 5.39. The van der Waals surface area contributed by atoms with Crippen LogP contribution in [-0.4, -0.2) is 68.3 Å². The van der Waals surface area contributed by atoms with Gasteiger partial charge in [0.25, 0.3) is 0 Å². The predicted octanol–water partition coefficient (Wildman–Crippen LogP) is 5.42. The van der Waals surface area contributed by atoms with Crippen molar-refractivity contribution >= 4 is 34.0 Å². The van der Waals surface area contributed by atoms with Crippen LogP contribution in [-0.2, 0) is 0 Å². The highest BCUT2D eigenvalue weighted by Gasteiger charge is 2.12. The van der Waals surface area contributed by atoms with Crippen LogP contribution in [0.1, 0.15) is 29.6 Å². The van der Waals surface area contributed by atoms with E-state index in [2.05, 4.69) is 26.7 Å². The predicted molar refractivity (Wildman–Crippen MR) is 142 cm³/mol. The van der Waals surface area contributed by atoms with Gasteiger partial charge in [-0.2, -0.15) is 16.9 Å². The van der Waals surface area contributed by atoms with Gasteiger partial charge >= 0.3 is 5.97 Å². The molecule has 0 radical (unpaired) electrons. The number of rotatable bonds is 10. The molecule has 1 saturated heterocycles. The van der Waals surface area contributed by atoms with E-state index in [4.69, 9.17) is 9.84 Å². The van der Waals surface area contributed by atoms with Crippen LogP contribution >= 0.6 is 23.1 Å². The second-order valence-corrected chi connectivity index (χ2v) is 10.7. The molecule has 2 aromatic carbocycles. The Hall–Kier alpha value is -2.88. The van der Waals surface area contributed by atoms with Gasteiger partial charge in [0, 0.05) is 35.7 Å². The number of hydrogen-bond donors (Lipinski definition) is 1. The smallest absolute Gasteiger partial charge is 0.335 e. The van der Waals surface area contributed by atoms with Crippen LogP contribution in [0.3, 0.4) is 0 Å². The lowest BCUT2D eigenvalue weighted by Gasteiger charge is -2.25. The molecule has 0 amide bonds. The lowest BCUT2D eigenvalue weighted by Crippen LogP contribution is -2.33. The molecule has 2 aromatic heterocycles. The van der Waals surface area contributed by atoms with Gasteiger partial charge in [-0.3, -0.25) is 0 Å². The first-order valence-corrected chi connectivity index (χ1v) is 13.9. The quantitative estimate of drug-likeness (QED) is 0.287.